The lowest BCUT2D eigenvalue weighted by Gasteiger charge is -2.16. The predicted molar refractivity (Wildman–Crippen MR) is 71.0 cm³/mol. The summed E-state index contributed by atoms with van der Waals surface area (Å²) in [5.41, 5.74) is 0.585. The highest BCUT2D eigenvalue weighted by Crippen LogP contribution is 2.17. The van der Waals surface area contributed by atoms with Gasteiger partial charge in [0.2, 0.25) is 0 Å². The first kappa shape index (κ1) is 15.1. The van der Waals surface area contributed by atoms with Crippen molar-refractivity contribution in [3.8, 4) is 0 Å². The van der Waals surface area contributed by atoms with E-state index in [4.69, 9.17) is 0 Å². The number of rotatable bonds is 8. The first-order valence-corrected chi connectivity index (χ1v) is 7.41. The number of unbranched alkanes of at least 4 members (excludes halogenated alkanes) is 1. The molecule has 1 aromatic heterocycles. The van der Waals surface area contributed by atoms with Crippen LogP contribution in [0.2, 0.25) is 0 Å². The number of hydrogen-bond donors (Lipinski definition) is 1. The molecule has 0 aliphatic carbocycles. The fourth-order valence-electron chi connectivity index (χ4n) is 1.94. The summed E-state index contributed by atoms with van der Waals surface area (Å²) < 4.78 is 0. The molecule has 0 amide bonds. The number of hydrogen-bond acceptors (Lipinski definition) is 4. The Kier molecular flexibility index (Phi) is 6.29. The summed E-state index contributed by atoms with van der Waals surface area (Å²) in [5, 5.41) is 11.7. The van der Waals surface area contributed by atoms with E-state index in [0.29, 0.717) is 5.69 Å². The second-order valence-electron chi connectivity index (χ2n) is 4.52. The standard InChI is InChI=1S/C13H22N2O2S/c1-4-6-8-15(5-2)9-7-11-14-10(3)12(18-11)13(16)17/h4-9H2,1-3H3,(H,16,17). The Morgan fingerprint density at radius 2 is 2.11 bits per heavy atom. The van der Waals surface area contributed by atoms with Gasteiger partial charge >= 0.3 is 0 Å². The van der Waals surface area contributed by atoms with E-state index in [1.807, 2.05) is 0 Å². The summed E-state index contributed by atoms with van der Waals surface area (Å²) in [6.07, 6.45) is 3.31. The van der Waals surface area contributed by atoms with Gasteiger partial charge in [-0.1, -0.05) is 13.3 Å². The van der Waals surface area contributed by atoms with Gasteiger partial charge in [0.25, 0.3) is 0 Å². The number of nitrogens with one attached hydrogen (secondary N) is 1. The zero-order valence-electron chi connectivity index (χ0n) is 11.4. The first-order valence-electron chi connectivity index (χ1n) is 6.59. The number of carboxylic acid groups (broad SMARTS) is 1. The fourth-order valence-corrected chi connectivity index (χ4v) is 2.84. The van der Waals surface area contributed by atoms with Crippen LogP contribution in [0, 0.1) is 6.92 Å². The third-order valence-electron chi connectivity index (χ3n) is 3.10. The molecule has 5 heteroatoms. The van der Waals surface area contributed by atoms with Gasteiger partial charge in [-0.3, -0.25) is 0 Å². The molecule has 1 N–H and O–H groups in total. The van der Waals surface area contributed by atoms with E-state index in [-0.39, 0.29) is 4.88 Å². The number of carbonyl (C=O) groups is 1. The number of carboxylic acids is 1. The van der Waals surface area contributed by atoms with Crippen LogP contribution in [-0.2, 0) is 6.42 Å². The minimum atomic E-state index is -1.11. The van der Waals surface area contributed by atoms with Gasteiger partial charge in [0.05, 0.1) is 41.2 Å². The highest BCUT2D eigenvalue weighted by atomic mass is 32.1. The number of nitrogens with zero attached hydrogens (tertiary/aromatic N) is 1. The fraction of sp³-hybridized carbons (Fsp3) is 0.692. The minimum Gasteiger partial charge on any atom is -0.544 e. The van der Waals surface area contributed by atoms with Crippen molar-refractivity contribution in [2.75, 3.05) is 19.6 Å². The van der Waals surface area contributed by atoms with Crippen molar-refractivity contribution in [1.82, 2.24) is 4.98 Å². The zero-order valence-corrected chi connectivity index (χ0v) is 12.2. The molecule has 0 radical (unpaired) electrons. The summed E-state index contributed by atoms with van der Waals surface area (Å²) in [4.78, 5) is 17.0. The van der Waals surface area contributed by atoms with Crippen molar-refractivity contribution in [2.24, 2.45) is 0 Å². The molecule has 1 heterocycles. The number of aromatic carboxylic acids is 1. The number of thiazole rings is 1. The Morgan fingerprint density at radius 1 is 1.39 bits per heavy atom. The lowest BCUT2D eigenvalue weighted by Crippen LogP contribution is -3.12. The number of aryl methyl sites for hydroxylation is 1. The van der Waals surface area contributed by atoms with Crippen molar-refractivity contribution in [3.05, 3.63) is 15.6 Å². The monoisotopic (exact) mass is 270 g/mol. The van der Waals surface area contributed by atoms with Gasteiger partial charge in [-0.15, -0.1) is 11.3 Å². The molecule has 0 aliphatic heterocycles. The highest BCUT2D eigenvalue weighted by Gasteiger charge is 2.11. The van der Waals surface area contributed by atoms with E-state index in [0.717, 1.165) is 24.5 Å². The SMILES string of the molecule is CCCC[NH+](CC)CCc1nc(C)c(C(=O)[O-])s1. The van der Waals surface area contributed by atoms with E-state index in [2.05, 4.69) is 18.8 Å². The average molecular weight is 270 g/mol. The second-order valence-corrected chi connectivity index (χ2v) is 5.60. The Bertz CT molecular complexity index is 390. The van der Waals surface area contributed by atoms with E-state index in [1.165, 1.54) is 30.7 Å². The van der Waals surface area contributed by atoms with Crippen LogP contribution in [0.25, 0.3) is 0 Å². The summed E-state index contributed by atoms with van der Waals surface area (Å²) >= 11 is 1.26. The molecule has 0 saturated carbocycles. The van der Waals surface area contributed by atoms with Crippen molar-refractivity contribution in [3.63, 3.8) is 0 Å². The normalized spacial score (nSPS) is 12.6. The van der Waals surface area contributed by atoms with Gasteiger partial charge in [-0.2, -0.15) is 0 Å². The Hall–Kier alpha value is -0.940. The summed E-state index contributed by atoms with van der Waals surface area (Å²) in [5.74, 6) is -1.11. The van der Waals surface area contributed by atoms with E-state index < -0.39 is 5.97 Å². The van der Waals surface area contributed by atoms with Gasteiger partial charge < -0.3 is 14.8 Å². The predicted octanol–water partition coefficient (Wildman–Crippen LogP) is 0.0624. The van der Waals surface area contributed by atoms with Gasteiger partial charge in [0.15, 0.2) is 0 Å². The van der Waals surface area contributed by atoms with Crippen LogP contribution >= 0.6 is 11.3 Å². The smallest absolute Gasteiger partial charge is 0.0991 e. The van der Waals surface area contributed by atoms with Gasteiger partial charge in [-0.05, 0) is 20.3 Å². The van der Waals surface area contributed by atoms with Crippen LogP contribution in [0.1, 0.15) is 47.1 Å². The molecule has 4 nitrogen and oxygen atoms in total. The van der Waals surface area contributed by atoms with E-state index in [1.54, 1.807) is 11.8 Å². The molecule has 0 aliphatic rings. The average Bonchev–Trinajstić information content (AvgIpc) is 2.71. The van der Waals surface area contributed by atoms with E-state index in [9.17, 15) is 9.90 Å². The van der Waals surface area contributed by atoms with Crippen LogP contribution < -0.4 is 10.0 Å². The maximum atomic E-state index is 10.8. The van der Waals surface area contributed by atoms with Crippen molar-refractivity contribution in [1.29, 1.82) is 0 Å². The van der Waals surface area contributed by atoms with E-state index >= 15 is 0 Å². The van der Waals surface area contributed by atoms with Gasteiger partial charge in [0.1, 0.15) is 0 Å². The molecular formula is C13H22N2O2S. The Morgan fingerprint density at radius 3 is 2.61 bits per heavy atom. The molecule has 0 aromatic carbocycles. The topological polar surface area (TPSA) is 57.5 Å². The first-order chi connectivity index (χ1) is 8.58. The maximum absolute atomic E-state index is 10.8. The van der Waals surface area contributed by atoms with Gasteiger partial charge in [0, 0.05) is 6.42 Å². The molecule has 1 aromatic rings. The molecular weight excluding hydrogens is 248 g/mol. The van der Waals surface area contributed by atoms with Crippen LogP contribution in [0.5, 0.6) is 0 Å². The number of aromatic nitrogens is 1. The maximum Gasteiger partial charge on any atom is 0.0991 e. The van der Waals surface area contributed by atoms with Crippen LogP contribution in [0.3, 0.4) is 0 Å². The molecule has 0 fully saturated rings. The number of likely N-dealkylation sites (N-methyl/N-ethyl adjacent to an activating group) is 1. The molecule has 0 saturated heterocycles. The summed E-state index contributed by atoms with van der Waals surface area (Å²) in [6, 6.07) is 0. The van der Waals surface area contributed by atoms with Crippen LogP contribution in [-0.4, -0.2) is 30.6 Å². The van der Waals surface area contributed by atoms with Crippen molar-refractivity contribution in [2.45, 2.75) is 40.0 Å². The molecule has 18 heavy (non-hydrogen) atoms. The lowest BCUT2D eigenvalue weighted by atomic mass is 10.3. The lowest BCUT2D eigenvalue weighted by molar-refractivity contribution is -0.898. The van der Waals surface area contributed by atoms with Crippen LogP contribution in [0.4, 0.5) is 0 Å². The zero-order chi connectivity index (χ0) is 13.5. The quantitative estimate of drug-likeness (QED) is 0.727. The molecule has 102 valence electrons. The Balaban J connectivity index is 2.51. The third-order valence-corrected chi connectivity index (χ3v) is 4.30. The number of carbonyl (C=O) groups excluding carboxylic acids is 1. The van der Waals surface area contributed by atoms with Gasteiger partial charge in [-0.25, -0.2) is 4.98 Å². The third kappa shape index (κ3) is 4.38. The molecule has 1 rings (SSSR count). The summed E-state index contributed by atoms with van der Waals surface area (Å²) in [6.45, 7) is 9.43. The molecule has 0 bridgehead atoms. The largest absolute Gasteiger partial charge is 0.544 e. The van der Waals surface area contributed by atoms with Crippen molar-refractivity contribution < 1.29 is 14.8 Å². The molecule has 1 atom stereocenters. The van der Waals surface area contributed by atoms with Crippen molar-refractivity contribution >= 4 is 17.3 Å². The minimum absolute atomic E-state index is 0.275. The number of quaternary nitrogens is 1. The van der Waals surface area contributed by atoms with Crippen LogP contribution in [0.15, 0.2) is 0 Å². The highest BCUT2D eigenvalue weighted by molar-refractivity contribution is 7.13. The molecule has 1 unspecified atom stereocenters. The Labute approximate surface area is 113 Å². The second kappa shape index (κ2) is 7.48. The summed E-state index contributed by atoms with van der Waals surface area (Å²) in [7, 11) is 0. The molecule has 0 spiro atoms.